The fraction of sp³-hybridized carbons (Fsp3) is 0.294. The van der Waals surface area contributed by atoms with E-state index in [1.54, 1.807) is 0 Å². The number of nitro groups is 1. The third-order valence-corrected chi connectivity index (χ3v) is 3.61. The average Bonchev–Trinajstić information content (AvgIpc) is 2.55. The molecule has 7 nitrogen and oxygen atoms in total. The number of rotatable bonds is 7. The Labute approximate surface area is 139 Å². The van der Waals surface area contributed by atoms with Crippen molar-refractivity contribution in [2.75, 3.05) is 0 Å². The number of aromatic nitrogens is 1. The Morgan fingerprint density at radius 2 is 1.96 bits per heavy atom. The topological polar surface area (TPSA) is 94.2 Å². The summed E-state index contributed by atoms with van der Waals surface area (Å²) < 4.78 is 1.04. The van der Waals surface area contributed by atoms with E-state index in [1.807, 2.05) is 37.3 Å². The fourth-order valence-electron chi connectivity index (χ4n) is 2.33. The molecule has 7 heteroatoms. The van der Waals surface area contributed by atoms with E-state index in [9.17, 15) is 19.7 Å². The lowest BCUT2D eigenvalue weighted by Gasteiger charge is -2.14. The van der Waals surface area contributed by atoms with E-state index in [1.165, 1.54) is 5.56 Å². The van der Waals surface area contributed by atoms with Crippen LogP contribution in [0, 0.1) is 10.1 Å². The van der Waals surface area contributed by atoms with E-state index in [0.717, 1.165) is 35.7 Å². The molecule has 1 N–H and O–H groups in total. The van der Waals surface area contributed by atoms with Gasteiger partial charge in [0.05, 0.1) is 11.1 Å². The van der Waals surface area contributed by atoms with E-state index >= 15 is 0 Å². The molecule has 0 radical (unpaired) electrons. The molecule has 1 amide bonds. The monoisotopic (exact) mass is 329 g/mol. The van der Waals surface area contributed by atoms with Crippen LogP contribution in [-0.4, -0.2) is 21.4 Å². The molecule has 0 saturated carbocycles. The highest BCUT2D eigenvalue weighted by Crippen LogP contribution is 2.07. The number of benzene rings is 1. The zero-order chi connectivity index (χ0) is 17.5. The minimum atomic E-state index is -0.601. The van der Waals surface area contributed by atoms with Crippen LogP contribution < -0.4 is 10.9 Å². The van der Waals surface area contributed by atoms with E-state index in [-0.39, 0.29) is 24.2 Å². The number of amides is 1. The summed E-state index contributed by atoms with van der Waals surface area (Å²) in [7, 11) is 0. The first-order chi connectivity index (χ1) is 11.5. The van der Waals surface area contributed by atoms with Crippen molar-refractivity contribution in [3.63, 3.8) is 0 Å². The molecule has 0 fully saturated rings. The van der Waals surface area contributed by atoms with Gasteiger partial charge in [0.1, 0.15) is 6.54 Å². The lowest BCUT2D eigenvalue weighted by atomic mass is 10.1. The normalized spacial score (nSPS) is 11.7. The number of carbonyl (C=O) groups excluding carboxylic acids is 1. The molecule has 1 heterocycles. The molecule has 1 atom stereocenters. The highest BCUT2D eigenvalue weighted by atomic mass is 16.6. The predicted molar refractivity (Wildman–Crippen MR) is 89.7 cm³/mol. The number of pyridine rings is 1. The van der Waals surface area contributed by atoms with Crippen molar-refractivity contribution in [1.29, 1.82) is 0 Å². The molecular weight excluding hydrogens is 310 g/mol. The van der Waals surface area contributed by atoms with Crippen LogP contribution in [0.5, 0.6) is 0 Å². The summed E-state index contributed by atoms with van der Waals surface area (Å²) in [5.74, 6) is -0.349. The largest absolute Gasteiger partial charge is 0.352 e. The van der Waals surface area contributed by atoms with Gasteiger partial charge in [-0.15, -0.1) is 0 Å². The second kappa shape index (κ2) is 8.05. The molecule has 0 bridgehead atoms. The third kappa shape index (κ3) is 5.05. The maximum absolute atomic E-state index is 12.0. The van der Waals surface area contributed by atoms with Gasteiger partial charge >= 0.3 is 0 Å². The minimum absolute atomic E-state index is 0.0629. The summed E-state index contributed by atoms with van der Waals surface area (Å²) in [6.45, 7) is 1.65. The lowest BCUT2D eigenvalue weighted by molar-refractivity contribution is -0.385. The van der Waals surface area contributed by atoms with Crippen LogP contribution in [0.1, 0.15) is 18.9 Å². The van der Waals surface area contributed by atoms with Gasteiger partial charge in [-0.25, -0.2) is 0 Å². The quantitative estimate of drug-likeness (QED) is 0.620. The number of carbonyl (C=O) groups is 1. The molecule has 0 unspecified atom stereocenters. The first kappa shape index (κ1) is 17.4. The van der Waals surface area contributed by atoms with Gasteiger partial charge in [0.25, 0.3) is 11.2 Å². The van der Waals surface area contributed by atoms with Gasteiger partial charge in [0, 0.05) is 18.2 Å². The van der Waals surface area contributed by atoms with Crippen molar-refractivity contribution >= 4 is 11.6 Å². The van der Waals surface area contributed by atoms with Crippen LogP contribution in [0.25, 0.3) is 0 Å². The molecule has 1 aromatic heterocycles. The van der Waals surface area contributed by atoms with Crippen molar-refractivity contribution in [2.24, 2.45) is 0 Å². The van der Waals surface area contributed by atoms with Crippen molar-refractivity contribution in [3.05, 3.63) is 74.7 Å². The lowest BCUT2D eigenvalue weighted by Crippen LogP contribution is -2.37. The molecule has 0 aliphatic rings. The summed E-state index contributed by atoms with van der Waals surface area (Å²) in [4.78, 5) is 33.8. The first-order valence-corrected chi connectivity index (χ1v) is 7.64. The van der Waals surface area contributed by atoms with Crippen LogP contribution in [0.3, 0.4) is 0 Å². The van der Waals surface area contributed by atoms with Crippen LogP contribution in [0.15, 0.2) is 53.5 Å². The Morgan fingerprint density at radius 3 is 2.62 bits per heavy atom. The minimum Gasteiger partial charge on any atom is -0.352 e. The predicted octanol–water partition coefficient (Wildman–Crippen LogP) is 1.89. The molecule has 1 aromatic carbocycles. The molecule has 0 aliphatic carbocycles. The number of hydrogen-bond donors (Lipinski definition) is 1. The van der Waals surface area contributed by atoms with E-state index in [4.69, 9.17) is 0 Å². The molecule has 0 spiro atoms. The van der Waals surface area contributed by atoms with Gasteiger partial charge < -0.3 is 5.32 Å². The number of hydrogen-bond acceptors (Lipinski definition) is 4. The second-order valence-corrected chi connectivity index (χ2v) is 5.60. The molecule has 126 valence electrons. The Bertz CT molecular complexity index is 771. The highest BCUT2D eigenvalue weighted by molar-refractivity contribution is 5.76. The second-order valence-electron chi connectivity index (χ2n) is 5.60. The van der Waals surface area contributed by atoms with E-state index < -0.39 is 10.5 Å². The van der Waals surface area contributed by atoms with Gasteiger partial charge in [0.2, 0.25) is 5.91 Å². The fourth-order valence-corrected chi connectivity index (χ4v) is 2.33. The van der Waals surface area contributed by atoms with Crippen LogP contribution in [-0.2, 0) is 17.8 Å². The molecule has 2 aromatic rings. The highest BCUT2D eigenvalue weighted by Gasteiger charge is 2.12. The standard InChI is InChI=1S/C17H19N3O4/c1-13(7-8-14-5-3-2-4-6-14)18-16(21)12-19-11-15(20(23)24)9-10-17(19)22/h2-6,9-11,13H,7-8,12H2,1H3,(H,18,21)/t13-/m1/s1. The van der Waals surface area contributed by atoms with Crippen LogP contribution in [0.4, 0.5) is 5.69 Å². The first-order valence-electron chi connectivity index (χ1n) is 7.64. The SMILES string of the molecule is C[C@H](CCc1ccccc1)NC(=O)Cn1cc([N+](=O)[O-])ccc1=O. The van der Waals surface area contributed by atoms with Crippen LogP contribution >= 0.6 is 0 Å². The van der Waals surface area contributed by atoms with Crippen molar-refractivity contribution in [1.82, 2.24) is 9.88 Å². The summed E-state index contributed by atoms with van der Waals surface area (Å²) >= 11 is 0. The zero-order valence-electron chi connectivity index (χ0n) is 13.3. The Kier molecular flexibility index (Phi) is 5.83. The summed E-state index contributed by atoms with van der Waals surface area (Å²) in [5.41, 5.74) is 0.515. The number of nitrogens with zero attached hydrogens (tertiary/aromatic N) is 2. The maximum Gasteiger partial charge on any atom is 0.285 e. The average molecular weight is 329 g/mol. The van der Waals surface area contributed by atoms with Gasteiger partial charge in [-0.3, -0.25) is 24.3 Å². The van der Waals surface area contributed by atoms with Crippen molar-refractivity contribution in [2.45, 2.75) is 32.4 Å². The Hall–Kier alpha value is -2.96. The number of nitrogens with one attached hydrogen (secondary N) is 1. The van der Waals surface area contributed by atoms with Gasteiger partial charge in [-0.2, -0.15) is 0 Å². The summed E-state index contributed by atoms with van der Waals surface area (Å²) in [6.07, 6.45) is 2.68. The zero-order valence-corrected chi connectivity index (χ0v) is 13.3. The smallest absolute Gasteiger partial charge is 0.285 e. The molecule has 0 saturated heterocycles. The summed E-state index contributed by atoms with van der Waals surface area (Å²) in [5, 5.41) is 13.5. The van der Waals surface area contributed by atoms with Crippen molar-refractivity contribution < 1.29 is 9.72 Å². The molecular formula is C17H19N3O4. The van der Waals surface area contributed by atoms with Gasteiger partial charge in [0.15, 0.2) is 0 Å². The van der Waals surface area contributed by atoms with Crippen LogP contribution in [0.2, 0.25) is 0 Å². The van der Waals surface area contributed by atoms with E-state index in [0.29, 0.717) is 0 Å². The maximum atomic E-state index is 12.0. The number of aryl methyl sites for hydroxylation is 1. The molecule has 0 aliphatic heterocycles. The Morgan fingerprint density at radius 1 is 1.25 bits per heavy atom. The van der Waals surface area contributed by atoms with Crippen molar-refractivity contribution in [3.8, 4) is 0 Å². The summed E-state index contributed by atoms with van der Waals surface area (Å²) in [6, 6.07) is 12.1. The van der Waals surface area contributed by atoms with E-state index in [2.05, 4.69) is 5.32 Å². The molecule has 24 heavy (non-hydrogen) atoms. The van der Waals surface area contributed by atoms with Gasteiger partial charge in [-0.05, 0) is 25.3 Å². The third-order valence-electron chi connectivity index (χ3n) is 3.61. The van der Waals surface area contributed by atoms with Gasteiger partial charge in [-0.1, -0.05) is 30.3 Å². The Balaban J connectivity index is 1.89. The molecule has 2 rings (SSSR count).